The molecule has 1 amide bonds. The van der Waals surface area contributed by atoms with Crippen LogP contribution in [0.4, 0.5) is 9.18 Å². The van der Waals surface area contributed by atoms with E-state index >= 15 is 0 Å². The first-order chi connectivity index (χ1) is 8.76. The molecule has 5 heteroatoms. The Labute approximate surface area is 112 Å². The minimum Gasteiger partial charge on any atom is -0.444 e. The molecule has 0 radical (unpaired) electrons. The molecule has 19 heavy (non-hydrogen) atoms. The molecule has 104 valence electrons. The lowest BCUT2D eigenvalue weighted by Crippen LogP contribution is -2.50. The Kier molecular flexibility index (Phi) is 3.47. The summed E-state index contributed by atoms with van der Waals surface area (Å²) in [5.41, 5.74) is 0.727. The van der Waals surface area contributed by atoms with E-state index in [1.165, 1.54) is 6.07 Å². The molecular formula is C14H19FN2O2. The molecular weight excluding hydrogens is 247 g/mol. The van der Waals surface area contributed by atoms with Crippen molar-refractivity contribution >= 4 is 6.09 Å². The highest BCUT2D eigenvalue weighted by atomic mass is 19.1. The van der Waals surface area contributed by atoms with Crippen molar-refractivity contribution in [3.8, 4) is 0 Å². The molecule has 1 aromatic heterocycles. The number of carbonyl (C=O) groups excluding carboxylic acids is 1. The first-order valence-corrected chi connectivity index (χ1v) is 6.36. The van der Waals surface area contributed by atoms with Crippen LogP contribution in [0.5, 0.6) is 0 Å². The molecule has 1 fully saturated rings. The van der Waals surface area contributed by atoms with Crippen molar-refractivity contribution < 1.29 is 13.9 Å². The normalized spacial score (nSPS) is 16.2. The Bertz CT molecular complexity index is 491. The molecule has 0 unspecified atom stereocenters. The fraction of sp³-hybridized carbons (Fsp3) is 0.571. The molecule has 0 saturated carbocycles. The van der Waals surface area contributed by atoms with Gasteiger partial charge in [-0.3, -0.25) is 4.98 Å². The van der Waals surface area contributed by atoms with Crippen molar-refractivity contribution in [2.75, 3.05) is 13.1 Å². The molecule has 1 saturated heterocycles. The topological polar surface area (TPSA) is 42.4 Å². The third-order valence-electron chi connectivity index (χ3n) is 2.93. The smallest absolute Gasteiger partial charge is 0.410 e. The summed E-state index contributed by atoms with van der Waals surface area (Å²) in [7, 11) is 0. The van der Waals surface area contributed by atoms with Crippen LogP contribution in [0.3, 0.4) is 0 Å². The van der Waals surface area contributed by atoms with Gasteiger partial charge in [-0.05, 0) is 39.3 Å². The van der Waals surface area contributed by atoms with Crippen LogP contribution in [-0.2, 0) is 4.74 Å². The molecule has 1 aliphatic heterocycles. The summed E-state index contributed by atoms with van der Waals surface area (Å²) in [5, 5.41) is 0. The molecule has 2 rings (SSSR count). The van der Waals surface area contributed by atoms with E-state index in [1.807, 2.05) is 20.8 Å². The molecule has 1 aromatic rings. The first-order valence-electron chi connectivity index (χ1n) is 6.36. The SMILES string of the molecule is Cc1cnc(C2CN(C(=O)OC(C)(C)C)C2)c(F)c1. The number of hydrogen-bond acceptors (Lipinski definition) is 3. The Morgan fingerprint density at radius 1 is 1.47 bits per heavy atom. The zero-order chi connectivity index (χ0) is 14.2. The Morgan fingerprint density at radius 2 is 2.11 bits per heavy atom. The van der Waals surface area contributed by atoms with Gasteiger partial charge in [0.1, 0.15) is 11.4 Å². The third kappa shape index (κ3) is 3.22. The predicted molar refractivity (Wildman–Crippen MR) is 69.5 cm³/mol. The number of hydrogen-bond donors (Lipinski definition) is 0. The summed E-state index contributed by atoms with van der Waals surface area (Å²) in [5.74, 6) is -0.332. The summed E-state index contributed by atoms with van der Waals surface area (Å²) in [6, 6.07) is 1.47. The molecule has 2 heterocycles. The van der Waals surface area contributed by atoms with Crippen molar-refractivity contribution in [2.24, 2.45) is 0 Å². The number of amides is 1. The number of aromatic nitrogens is 1. The lowest BCUT2D eigenvalue weighted by Gasteiger charge is -2.39. The summed E-state index contributed by atoms with van der Waals surface area (Å²) in [6.45, 7) is 8.19. The summed E-state index contributed by atoms with van der Waals surface area (Å²) >= 11 is 0. The van der Waals surface area contributed by atoms with Crippen LogP contribution in [-0.4, -0.2) is 34.7 Å². The molecule has 4 nitrogen and oxygen atoms in total. The molecule has 0 N–H and O–H groups in total. The van der Waals surface area contributed by atoms with Crippen molar-refractivity contribution in [3.05, 3.63) is 29.3 Å². The number of aryl methyl sites for hydroxylation is 1. The zero-order valence-corrected chi connectivity index (χ0v) is 11.7. The van der Waals surface area contributed by atoms with Gasteiger partial charge in [0.25, 0.3) is 0 Å². The Hall–Kier alpha value is -1.65. The summed E-state index contributed by atoms with van der Waals surface area (Å²) in [4.78, 5) is 17.4. The van der Waals surface area contributed by atoms with Gasteiger partial charge in [-0.2, -0.15) is 0 Å². The van der Waals surface area contributed by atoms with Crippen molar-refractivity contribution in [1.29, 1.82) is 0 Å². The van der Waals surface area contributed by atoms with Gasteiger partial charge in [0.2, 0.25) is 0 Å². The maximum absolute atomic E-state index is 13.7. The maximum atomic E-state index is 13.7. The van der Waals surface area contributed by atoms with E-state index < -0.39 is 5.60 Å². The second-order valence-electron chi connectivity index (χ2n) is 5.96. The van der Waals surface area contributed by atoms with E-state index in [9.17, 15) is 9.18 Å². The second kappa shape index (κ2) is 4.79. The number of rotatable bonds is 1. The van der Waals surface area contributed by atoms with Crippen LogP contribution in [0.1, 0.15) is 37.9 Å². The van der Waals surface area contributed by atoms with Crippen molar-refractivity contribution in [2.45, 2.75) is 39.2 Å². The molecule has 0 aliphatic carbocycles. The largest absolute Gasteiger partial charge is 0.444 e. The monoisotopic (exact) mass is 266 g/mol. The van der Waals surface area contributed by atoms with E-state index in [4.69, 9.17) is 4.74 Å². The van der Waals surface area contributed by atoms with Crippen LogP contribution in [0.25, 0.3) is 0 Å². The van der Waals surface area contributed by atoms with E-state index in [1.54, 1.807) is 18.0 Å². The standard InChI is InChI=1S/C14H19FN2O2/c1-9-5-11(15)12(16-6-9)10-7-17(8-10)13(18)19-14(2,3)4/h5-6,10H,7-8H2,1-4H3. The van der Waals surface area contributed by atoms with Gasteiger partial charge in [0, 0.05) is 25.2 Å². The van der Waals surface area contributed by atoms with Crippen molar-refractivity contribution in [1.82, 2.24) is 9.88 Å². The highest BCUT2D eigenvalue weighted by molar-refractivity contribution is 5.69. The second-order valence-corrected chi connectivity index (χ2v) is 5.96. The van der Waals surface area contributed by atoms with E-state index in [2.05, 4.69) is 4.98 Å². The van der Waals surface area contributed by atoms with E-state index in [0.717, 1.165) is 5.56 Å². The fourth-order valence-corrected chi connectivity index (χ4v) is 1.97. The zero-order valence-electron chi connectivity index (χ0n) is 11.7. The van der Waals surface area contributed by atoms with Gasteiger partial charge in [-0.15, -0.1) is 0 Å². The number of pyridine rings is 1. The van der Waals surface area contributed by atoms with Crippen LogP contribution < -0.4 is 0 Å². The van der Waals surface area contributed by atoms with Crippen LogP contribution in [0, 0.1) is 12.7 Å². The summed E-state index contributed by atoms with van der Waals surface area (Å²) in [6.07, 6.45) is 1.30. The minimum atomic E-state index is -0.504. The first kappa shape index (κ1) is 13.8. The molecule has 0 aromatic carbocycles. The van der Waals surface area contributed by atoms with Crippen LogP contribution >= 0.6 is 0 Å². The highest BCUT2D eigenvalue weighted by Crippen LogP contribution is 2.28. The predicted octanol–water partition coefficient (Wildman–Crippen LogP) is 2.86. The van der Waals surface area contributed by atoms with Gasteiger partial charge in [0.15, 0.2) is 0 Å². The van der Waals surface area contributed by atoms with Crippen LogP contribution in [0.15, 0.2) is 12.3 Å². The number of ether oxygens (including phenoxy) is 1. The molecule has 0 atom stereocenters. The van der Waals surface area contributed by atoms with E-state index in [0.29, 0.717) is 18.8 Å². The maximum Gasteiger partial charge on any atom is 0.410 e. The van der Waals surface area contributed by atoms with Gasteiger partial charge in [-0.25, -0.2) is 9.18 Å². The van der Waals surface area contributed by atoms with Gasteiger partial charge < -0.3 is 9.64 Å². The average molecular weight is 266 g/mol. The third-order valence-corrected chi connectivity index (χ3v) is 2.93. The number of likely N-dealkylation sites (tertiary alicyclic amines) is 1. The minimum absolute atomic E-state index is 0.0341. The van der Waals surface area contributed by atoms with Crippen molar-refractivity contribution in [3.63, 3.8) is 0 Å². The quantitative estimate of drug-likeness (QED) is 0.785. The van der Waals surface area contributed by atoms with Gasteiger partial charge >= 0.3 is 6.09 Å². The lowest BCUT2D eigenvalue weighted by molar-refractivity contribution is 0.00755. The number of carbonyl (C=O) groups is 1. The van der Waals surface area contributed by atoms with Gasteiger partial charge in [0.05, 0.1) is 5.69 Å². The molecule has 0 bridgehead atoms. The van der Waals surface area contributed by atoms with Gasteiger partial charge in [-0.1, -0.05) is 0 Å². The fourth-order valence-electron chi connectivity index (χ4n) is 1.97. The number of nitrogens with zero attached hydrogens (tertiary/aromatic N) is 2. The van der Waals surface area contributed by atoms with Crippen LogP contribution in [0.2, 0.25) is 0 Å². The molecule has 0 spiro atoms. The average Bonchev–Trinajstić information content (AvgIpc) is 2.16. The highest BCUT2D eigenvalue weighted by Gasteiger charge is 2.36. The van der Waals surface area contributed by atoms with E-state index in [-0.39, 0.29) is 17.8 Å². The Balaban J connectivity index is 1.94. The molecule has 1 aliphatic rings. The number of halogens is 1. The Morgan fingerprint density at radius 3 is 2.63 bits per heavy atom. The lowest BCUT2D eigenvalue weighted by atomic mass is 9.95. The summed E-state index contributed by atoms with van der Waals surface area (Å²) < 4.78 is 19.0.